The molecule has 6 nitrogen and oxygen atoms in total. The first-order valence-corrected chi connectivity index (χ1v) is 5.96. The predicted molar refractivity (Wildman–Crippen MR) is 64.4 cm³/mol. The fraction of sp³-hybridized carbons (Fsp3) is 0.833. The number of amides is 1. The molecule has 0 bridgehead atoms. The topological polar surface area (TPSA) is 84.9 Å². The van der Waals surface area contributed by atoms with Gasteiger partial charge in [-0.3, -0.25) is 0 Å². The number of rotatable bonds is 3. The van der Waals surface area contributed by atoms with Crippen LogP contribution < -0.4 is 5.32 Å². The Morgan fingerprint density at radius 3 is 2.39 bits per heavy atom. The highest BCUT2D eigenvalue weighted by Crippen LogP contribution is 2.32. The van der Waals surface area contributed by atoms with Crippen molar-refractivity contribution >= 4 is 12.1 Å². The lowest BCUT2D eigenvalue weighted by atomic mass is 9.98. The van der Waals surface area contributed by atoms with E-state index in [-0.39, 0.29) is 12.5 Å². The number of nitrogens with one attached hydrogen (secondary N) is 1. The van der Waals surface area contributed by atoms with Gasteiger partial charge >= 0.3 is 12.1 Å². The first-order chi connectivity index (χ1) is 8.18. The van der Waals surface area contributed by atoms with Crippen LogP contribution in [0.25, 0.3) is 0 Å². The van der Waals surface area contributed by atoms with Gasteiger partial charge in [-0.2, -0.15) is 0 Å². The minimum atomic E-state index is -1.27. The van der Waals surface area contributed by atoms with E-state index in [1.165, 1.54) is 7.11 Å². The molecule has 2 N–H and O–H groups in total. The Morgan fingerprint density at radius 1 is 1.39 bits per heavy atom. The number of hydrogen-bond donors (Lipinski definition) is 2. The third-order valence-electron chi connectivity index (χ3n) is 2.95. The van der Waals surface area contributed by atoms with Gasteiger partial charge in [-0.05, 0) is 33.6 Å². The van der Waals surface area contributed by atoms with Crippen molar-refractivity contribution in [3.05, 3.63) is 0 Å². The molecule has 2 atom stereocenters. The Kier molecular flexibility index (Phi) is 4.21. The lowest BCUT2D eigenvalue weighted by Crippen LogP contribution is -2.54. The van der Waals surface area contributed by atoms with Crippen molar-refractivity contribution in [2.45, 2.75) is 57.3 Å². The van der Waals surface area contributed by atoms with Crippen LogP contribution in [0.1, 0.15) is 40.0 Å². The molecule has 0 aromatic heterocycles. The van der Waals surface area contributed by atoms with Crippen molar-refractivity contribution in [2.75, 3.05) is 7.11 Å². The highest BCUT2D eigenvalue weighted by molar-refractivity contribution is 5.84. The molecule has 0 aliphatic heterocycles. The number of alkyl carbamates (subject to hydrolysis) is 1. The standard InChI is InChI=1S/C12H21NO5/c1-11(2,3)18-10(16)13-12(9(14)15)6-5-8(7-12)17-4/h8H,5-7H2,1-4H3,(H,13,16)(H,14,15). The molecule has 1 amide bonds. The summed E-state index contributed by atoms with van der Waals surface area (Å²) in [6, 6.07) is 0. The van der Waals surface area contributed by atoms with Crippen molar-refractivity contribution < 1.29 is 24.2 Å². The second kappa shape index (κ2) is 5.14. The molecule has 1 saturated carbocycles. The first kappa shape index (κ1) is 14.8. The van der Waals surface area contributed by atoms with E-state index in [4.69, 9.17) is 9.47 Å². The number of ether oxygens (including phenoxy) is 2. The van der Waals surface area contributed by atoms with E-state index < -0.39 is 23.2 Å². The normalized spacial score (nSPS) is 27.9. The Hall–Kier alpha value is -1.30. The number of carbonyl (C=O) groups is 2. The van der Waals surface area contributed by atoms with Gasteiger partial charge in [0.15, 0.2) is 0 Å². The molecule has 0 aromatic carbocycles. The zero-order chi connectivity index (χ0) is 14.0. The summed E-state index contributed by atoms with van der Waals surface area (Å²) in [5, 5.41) is 11.8. The number of carboxylic acid groups (broad SMARTS) is 1. The molecule has 0 saturated heterocycles. The quantitative estimate of drug-likeness (QED) is 0.803. The third kappa shape index (κ3) is 3.60. The van der Waals surface area contributed by atoms with Gasteiger partial charge in [-0.15, -0.1) is 0 Å². The number of carbonyl (C=O) groups excluding carboxylic acids is 1. The summed E-state index contributed by atoms with van der Waals surface area (Å²) >= 11 is 0. The molecule has 1 rings (SSSR count). The second-order valence-electron chi connectivity index (χ2n) is 5.61. The zero-order valence-electron chi connectivity index (χ0n) is 11.3. The fourth-order valence-electron chi connectivity index (χ4n) is 2.06. The van der Waals surface area contributed by atoms with Crippen LogP contribution in [0.5, 0.6) is 0 Å². The highest BCUT2D eigenvalue weighted by Gasteiger charge is 2.47. The molecule has 104 valence electrons. The Labute approximate surface area is 107 Å². The fourth-order valence-corrected chi connectivity index (χ4v) is 2.06. The van der Waals surface area contributed by atoms with Gasteiger partial charge in [-0.1, -0.05) is 0 Å². The molecule has 0 aromatic rings. The largest absolute Gasteiger partial charge is 0.480 e. The van der Waals surface area contributed by atoms with Crippen LogP contribution >= 0.6 is 0 Å². The summed E-state index contributed by atoms with van der Waals surface area (Å²) < 4.78 is 10.2. The minimum Gasteiger partial charge on any atom is -0.480 e. The van der Waals surface area contributed by atoms with Crippen molar-refractivity contribution in [3.8, 4) is 0 Å². The van der Waals surface area contributed by atoms with E-state index in [1.54, 1.807) is 20.8 Å². The SMILES string of the molecule is COC1CCC(NC(=O)OC(C)(C)C)(C(=O)O)C1. The van der Waals surface area contributed by atoms with Gasteiger partial charge in [0.2, 0.25) is 0 Å². The number of methoxy groups -OCH3 is 1. The molecule has 0 radical (unpaired) electrons. The maximum atomic E-state index is 11.7. The average molecular weight is 259 g/mol. The van der Waals surface area contributed by atoms with Gasteiger partial charge in [0, 0.05) is 13.5 Å². The third-order valence-corrected chi connectivity index (χ3v) is 2.95. The van der Waals surface area contributed by atoms with Crippen molar-refractivity contribution in [1.29, 1.82) is 0 Å². The summed E-state index contributed by atoms with van der Waals surface area (Å²) in [6.07, 6.45) is 0.370. The van der Waals surface area contributed by atoms with Crippen LogP contribution in [0.15, 0.2) is 0 Å². The van der Waals surface area contributed by atoms with Gasteiger partial charge in [0.25, 0.3) is 0 Å². The predicted octanol–water partition coefficient (Wildman–Crippen LogP) is 1.53. The van der Waals surface area contributed by atoms with Crippen LogP contribution in [0, 0.1) is 0 Å². The number of hydrogen-bond acceptors (Lipinski definition) is 4. The first-order valence-electron chi connectivity index (χ1n) is 5.96. The summed E-state index contributed by atoms with van der Waals surface area (Å²) in [6.45, 7) is 5.19. The highest BCUT2D eigenvalue weighted by atomic mass is 16.6. The zero-order valence-corrected chi connectivity index (χ0v) is 11.3. The van der Waals surface area contributed by atoms with Crippen LogP contribution in [-0.4, -0.2) is 41.5 Å². The minimum absolute atomic E-state index is 0.143. The maximum Gasteiger partial charge on any atom is 0.408 e. The van der Waals surface area contributed by atoms with E-state index in [1.807, 2.05) is 0 Å². The lowest BCUT2D eigenvalue weighted by molar-refractivity contribution is -0.145. The molecule has 18 heavy (non-hydrogen) atoms. The van der Waals surface area contributed by atoms with E-state index in [2.05, 4.69) is 5.32 Å². The molecule has 6 heteroatoms. The molecule has 1 aliphatic carbocycles. The van der Waals surface area contributed by atoms with Crippen LogP contribution in [0.2, 0.25) is 0 Å². The van der Waals surface area contributed by atoms with E-state index >= 15 is 0 Å². The monoisotopic (exact) mass is 259 g/mol. The van der Waals surface area contributed by atoms with Gasteiger partial charge < -0.3 is 19.9 Å². The summed E-state index contributed by atoms with van der Waals surface area (Å²) in [5.74, 6) is -1.05. The molecule has 1 aliphatic rings. The van der Waals surface area contributed by atoms with E-state index in [0.29, 0.717) is 12.8 Å². The summed E-state index contributed by atoms with van der Waals surface area (Å²) in [7, 11) is 1.54. The van der Waals surface area contributed by atoms with Crippen molar-refractivity contribution in [2.24, 2.45) is 0 Å². The smallest absolute Gasteiger partial charge is 0.408 e. The van der Waals surface area contributed by atoms with Crippen LogP contribution in [-0.2, 0) is 14.3 Å². The number of aliphatic carboxylic acids is 1. The molecule has 2 unspecified atom stereocenters. The molecular formula is C12H21NO5. The second-order valence-corrected chi connectivity index (χ2v) is 5.61. The number of carboxylic acids is 1. The molecule has 0 spiro atoms. The van der Waals surface area contributed by atoms with E-state index in [9.17, 15) is 14.7 Å². The molecular weight excluding hydrogens is 238 g/mol. The Bertz CT molecular complexity index is 336. The Morgan fingerprint density at radius 2 is 2.00 bits per heavy atom. The van der Waals surface area contributed by atoms with Gasteiger partial charge in [-0.25, -0.2) is 9.59 Å². The average Bonchev–Trinajstić information content (AvgIpc) is 2.59. The Balaban J connectivity index is 2.71. The maximum absolute atomic E-state index is 11.7. The van der Waals surface area contributed by atoms with Gasteiger partial charge in [0.1, 0.15) is 11.1 Å². The van der Waals surface area contributed by atoms with Crippen molar-refractivity contribution in [1.82, 2.24) is 5.32 Å². The molecule has 0 heterocycles. The summed E-state index contributed by atoms with van der Waals surface area (Å²) in [4.78, 5) is 23.0. The van der Waals surface area contributed by atoms with Crippen LogP contribution in [0.3, 0.4) is 0 Å². The van der Waals surface area contributed by atoms with Crippen LogP contribution in [0.4, 0.5) is 4.79 Å². The molecule has 1 fully saturated rings. The summed E-state index contributed by atoms with van der Waals surface area (Å²) in [5.41, 5.74) is -1.92. The van der Waals surface area contributed by atoms with Crippen molar-refractivity contribution in [3.63, 3.8) is 0 Å². The lowest BCUT2D eigenvalue weighted by Gasteiger charge is -2.28. The van der Waals surface area contributed by atoms with E-state index in [0.717, 1.165) is 0 Å². The van der Waals surface area contributed by atoms with Gasteiger partial charge in [0.05, 0.1) is 6.10 Å².